The molecule has 0 bridgehead atoms. The number of fused-ring (bicyclic) bond motifs is 1. The molecule has 7 aliphatic rings. The van der Waals surface area contributed by atoms with E-state index in [1.54, 1.807) is 17.0 Å². The molecule has 5 aromatic carbocycles. The number of rotatable bonds is 22. The van der Waals surface area contributed by atoms with Crippen LogP contribution in [0.15, 0.2) is 136 Å². The van der Waals surface area contributed by atoms with E-state index >= 15 is 0 Å². The summed E-state index contributed by atoms with van der Waals surface area (Å²) in [6, 6.07) is 32.0. The van der Waals surface area contributed by atoms with E-state index in [-0.39, 0.29) is 29.2 Å². The second-order valence-electron chi connectivity index (χ2n) is 27.6. The Morgan fingerprint density at radius 2 is 1.52 bits per heavy atom. The number of imide groups is 1. The maximum Gasteiger partial charge on any atom is 0.501 e. The molecule has 0 aromatic heterocycles. The Morgan fingerprint density at radius 3 is 2.23 bits per heavy atom. The average Bonchev–Trinajstić information content (AvgIpc) is 1.77. The second kappa shape index (κ2) is 29.7. The minimum atomic E-state index is -6.10. The molecule has 6 aliphatic heterocycles. The number of carbonyl (C=O) groups is 4. The number of thioether (sulfide) groups is 1. The van der Waals surface area contributed by atoms with Gasteiger partial charge in [0.15, 0.2) is 0 Å². The summed E-state index contributed by atoms with van der Waals surface area (Å²) in [4.78, 5) is 66.6. The van der Waals surface area contributed by atoms with Gasteiger partial charge in [-0.05, 0) is 165 Å². The third-order valence-electron chi connectivity index (χ3n) is 20.3. The lowest BCUT2D eigenvalue weighted by Crippen LogP contribution is -2.61. The minimum absolute atomic E-state index is 0.0188. The van der Waals surface area contributed by atoms with Crippen LogP contribution in [0.1, 0.15) is 97.6 Å². The van der Waals surface area contributed by atoms with Crippen molar-refractivity contribution in [1.29, 1.82) is 0 Å². The number of sulfone groups is 1. The first-order valence-electron chi connectivity index (χ1n) is 33.7. The molecule has 0 spiro atoms. The van der Waals surface area contributed by atoms with E-state index in [1.165, 1.54) is 40.6 Å². The van der Waals surface area contributed by atoms with Crippen LogP contribution >= 0.6 is 23.4 Å². The van der Waals surface area contributed by atoms with Crippen LogP contribution in [0, 0.1) is 11.3 Å². The fraction of sp³-hybridized carbons (Fsp3) is 0.493. The molecule has 0 saturated carbocycles. The Balaban J connectivity index is 0.637. The van der Waals surface area contributed by atoms with E-state index in [4.69, 9.17) is 16.3 Å². The topological polar surface area (TPSA) is 205 Å². The smallest absolute Gasteiger partial charge is 0.380 e. The predicted octanol–water partition coefficient (Wildman–Crippen LogP) is 9.50. The molecule has 26 heteroatoms. The molecule has 3 N–H and O–H groups in total. The highest BCUT2D eigenvalue weighted by Gasteiger charge is 2.49. The van der Waals surface area contributed by atoms with Gasteiger partial charge in [-0.3, -0.25) is 34.3 Å². The monoisotopic (exact) mass is 1410 g/mol. The van der Waals surface area contributed by atoms with Crippen LogP contribution in [0.4, 0.5) is 30.2 Å². The maximum absolute atomic E-state index is 14.4. The summed E-state index contributed by atoms with van der Waals surface area (Å²) in [5, 5.41) is 6.11. The molecular formula is C71H86ClF3N10O9S3. The normalized spacial score (nSPS) is 23.4. The number of benzene rings is 5. The molecule has 1 aliphatic carbocycles. The van der Waals surface area contributed by atoms with Crippen LogP contribution in [-0.2, 0) is 40.7 Å². The highest BCUT2D eigenvalue weighted by molar-refractivity contribution is 7.99. The van der Waals surface area contributed by atoms with E-state index in [2.05, 4.69) is 79.0 Å². The van der Waals surface area contributed by atoms with Gasteiger partial charge < -0.3 is 34.6 Å². The maximum atomic E-state index is 14.4. The Bertz CT molecular complexity index is 3950. The molecule has 12 rings (SSSR count). The zero-order chi connectivity index (χ0) is 68.4. The molecule has 6 heterocycles. The van der Waals surface area contributed by atoms with Gasteiger partial charge in [-0.2, -0.15) is 13.2 Å². The highest BCUT2D eigenvalue weighted by Crippen LogP contribution is 2.45. The molecule has 0 radical (unpaired) electrons. The van der Waals surface area contributed by atoms with Crippen LogP contribution in [0.3, 0.4) is 0 Å². The van der Waals surface area contributed by atoms with Crippen molar-refractivity contribution in [2.75, 3.05) is 126 Å². The number of anilines is 3. The lowest BCUT2D eigenvalue weighted by Gasteiger charge is -2.51. The summed E-state index contributed by atoms with van der Waals surface area (Å²) in [6.07, 6.45) is 4.79. The Kier molecular flexibility index (Phi) is 21.5. The molecule has 5 aromatic rings. The van der Waals surface area contributed by atoms with Crippen LogP contribution in [-0.4, -0.2) is 205 Å². The number of carbonyl (C=O) groups excluding carboxylic acids is 4. The van der Waals surface area contributed by atoms with Crippen molar-refractivity contribution in [2.24, 2.45) is 11.3 Å². The number of sulfonamides is 1. The number of likely N-dealkylation sites (tertiary alicyclic amines) is 1. The van der Waals surface area contributed by atoms with Crippen molar-refractivity contribution in [1.82, 2.24) is 34.5 Å². The predicted molar refractivity (Wildman–Crippen MR) is 371 cm³/mol. The number of allylic oxidation sites excluding steroid dienone is 1. The summed E-state index contributed by atoms with van der Waals surface area (Å²) >= 11 is 7.85. The third-order valence-corrected chi connectivity index (χ3v) is 24.6. The molecule has 3 unspecified atom stereocenters. The molecule has 4 amide bonds. The molecule has 5 atom stereocenters. The van der Waals surface area contributed by atoms with Crippen LogP contribution in [0.5, 0.6) is 0 Å². The first kappa shape index (κ1) is 70.3. The number of alkyl halides is 3. The Hall–Kier alpha value is -6.55. The van der Waals surface area contributed by atoms with E-state index in [0.717, 1.165) is 125 Å². The van der Waals surface area contributed by atoms with E-state index in [1.807, 2.05) is 59.3 Å². The fourth-order valence-electron chi connectivity index (χ4n) is 15.2. The Morgan fingerprint density at radius 1 is 0.794 bits per heavy atom. The van der Waals surface area contributed by atoms with Gasteiger partial charge in [0.1, 0.15) is 10.9 Å². The van der Waals surface area contributed by atoms with E-state index < -0.39 is 64.7 Å². The standard InChI is InChI=1S/C71H86ClF3N10O9S3/c1-48-39-83(58-18-20-62-53(36-58)45-85(69(62)89)64-22-23-66(86)77-68(64)88)40-49(2)84(48)43-50-41-81(42-50)47-70(3)26-24-61(51-10-14-55(72)15-11-51)54(38-70)44-80-29-31-82(32-30-80)57-16-12-52(13-17-57)67(87)78-97(92,93)60-19-21-63(65(37-60)96(90,91)71(73,74)75)76-56(46-95-59-8-5-4-6-9-59)25-28-79-27-7-34-94-35-33-79/h4-6,8-21,36-37,48-50,56,64,76H,7,22-35,38-47H2,1-3H3,(H,78,87)(H,77,86,88)/t48?,49?,56-,64?,70-/m1/s1. The molecule has 5 fully saturated rings. The van der Waals surface area contributed by atoms with Crippen molar-refractivity contribution < 1.29 is 53.9 Å². The van der Waals surface area contributed by atoms with Crippen molar-refractivity contribution >= 4 is 89.5 Å². The summed E-state index contributed by atoms with van der Waals surface area (Å²) in [5.74, 6) is -0.987. The van der Waals surface area contributed by atoms with Gasteiger partial charge >= 0.3 is 5.51 Å². The summed E-state index contributed by atoms with van der Waals surface area (Å²) in [7, 11) is -11.0. The quantitative estimate of drug-likeness (QED) is 0.0436. The van der Waals surface area contributed by atoms with Crippen molar-refractivity contribution in [3.8, 4) is 0 Å². The van der Waals surface area contributed by atoms with Crippen molar-refractivity contribution in [2.45, 2.75) is 117 Å². The molecular weight excluding hydrogens is 1330 g/mol. The molecule has 97 heavy (non-hydrogen) atoms. The van der Waals surface area contributed by atoms with Gasteiger partial charge in [-0.15, -0.1) is 11.8 Å². The number of piperidine rings is 1. The highest BCUT2D eigenvalue weighted by atomic mass is 35.5. The average molecular weight is 1410 g/mol. The number of nitrogens with zero attached hydrogens (tertiary/aromatic N) is 7. The first-order chi connectivity index (χ1) is 46.3. The fourth-order valence-corrected chi connectivity index (χ4v) is 18.3. The van der Waals surface area contributed by atoms with Gasteiger partial charge in [0.2, 0.25) is 11.8 Å². The molecule has 19 nitrogen and oxygen atoms in total. The summed E-state index contributed by atoms with van der Waals surface area (Å²) in [6.45, 7) is 20.2. The van der Waals surface area contributed by atoms with Gasteiger partial charge in [0.25, 0.3) is 31.7 Å². The summed E-state index contributed by atoms with van der Waals surface area (Å²) < 4.78 is 105. The van der Waals surface area contributed by atoms with Gasteiger partial charge in [-0.25, -0.2) is 21.6 Å². The van der Waals surface area contributed by atoms with E-state index in [9.17, 15) is 49.2 Å². The lowest BCUT2D eigenvalue weighted by molar-refractivity contribution is -0.136. The zero-order valence-corrected chi connectivity index (χ0v) is 58.3. The number of amides is 4. The van der Waals surface area contributed by atoms with Crippen molar-refractivity contribution in [3.63, 3.8) is 0 Å². The van der Waals surface area contributed by atoms with Crippen molar-refractivity contribution in [3.05, 3.63) is 148 Å². The zero-order valence-electron chi connectivity index (χ0n) is 55.1. The van der Waals surface area contributed by atoms with Gasteiger partial charge in [0.05, 0.1) is 17.2 Å². The minimum Gasteiger partial charge on any atom is -0.380 e. The lowest BCUT2D eigenvalue weighted by atomic mass is 9.70. The van der Waals surface area contributed by atoms with Crippen LogP contribution in [0.2, 0.25) is 5.02 Å². The summed E-state index contributed by atoms with van der Waals surface area (Å²) in [5.41, 5.74) is 1.33. The molecule has 5 saturated heterocycles. The second-order valence-corrected chi connectivity index (χ2v) is 32.7. The number of hydrogen-bond acceptors (Lipinski definition) is 17. The Labute approximate surface area is 576 Å². The van der Waals surface area contributed by atoms with E-state index in [0.29, 0.717) is 99.2 Å². The van der Waals surface area contributed by atoms with Gasteiger partial charge in [0, 0.05) is 167 Å². The van der Waals surface area contributed by atoms with Crippen LogP contribution < -0.4 is 25.2 Å². The molecule has 520 valence electrons. The number of nitrogens with one attached hydrogen (secondary N) is 3. The third kappa shape index (κ3) is 16.5. The van der Waals surface area contributed by atoms with Crippen LogP contribution in [0.25, 0.3) is 5.57 Å². The number of hydrogen-bond donors (Lipinski definition) is 3. The number of halogens is 4. The largest absolute Gasteiger partial charge is 0.501 e. The van der Waals surface area contributed by atoms with Gasteiger partial charge in [-0.1, -0.05) is 54.4 Å². The first-order valence-corrected chi connectivity index (χ1v) is 38.0. The SMILES string of the molecule is CC1CN(c2ccc3c(c2)CN(C2CCC(=O)NC2=O)C3=O)CC(C)N1CC1CN(C[C@]2(C)CCC(c3ccc(Cl)cc3)=C(CN3CCN(c4ccc(C(=O)NS(=O)(=O)c5ccc(N[C@H](CCN6CCCOCC6)CSc6ccccc6)c(S(=O)(=O)C(F)(F)F)c5)cc4)CC3)C2)C1. The number of ether oxygens (including phenoxy) is 1. The number of piperazine rings is 2.